The van der Waals surface area contributed by atoms with Crippen LogP contribution in [0.4, 0.5) is 5.95 Å². The molecule has 0 radical (unpaired) electrons. The first-order chi connectivity index (χ1) is 13.2. The number of nitrogens with one attached hydrogen (secondary N) is 1. The largest absolute Gasteiger partial charge is 0.245 e. The van der Waals surface area contributed by atoms with Crippen molar-refractivity contribution < 1.29 is 0 Å². The molecule has 0 fully saturated rings. The Bertz CT molecular complexity index is 1110. The molecule has 0 aliphatic carbocycles. The summed E-state index contributed by atoms with van der Waals surface area (Å²) in [6, 6.07) is 26.1. The summed E-state index contributed by atoms with van der Waals surface area (Å²) in [5, 5.41) is 5.45. The molecule has 0 unspecified atom stereocenters. The molecule has 4 rings (SSSR count). The number of benzene rings is 3. The lowest BCUT2D eigenvalue weighted by Gasteiger charge is -2.09. The Balaban J connectivity index is 1.77. The molecule has 0 spiro atoms. The SMILES string of the molecule is CC(=NNc1nc(-c2ccccc2)c2cc(Br)ccc2n1)c1ccccc1. The Hall–Kier alpha value is -3.05. The number of fused-ring (bicyclic) bond motifs is 1. The highest BCUT2D eigenvalue weighted by Crippen LogP contribution is 2.29. The predicted molar refractivity (Wildman–Crippen MR) is 115 cm³/mol. The zero-order valence-corrected chi connectivity index (χ0v) is 16.3. The molecular formula is C22H17BrN4. The molecule has 4 nitrogen and oxygen atoms in total. The van der Waals surface area contributed by atoms with Crippen molar-refractivity contribution in [2.24, 2.45) is 5.10 Å². The number of hydrazone groups is 1. The highest BCUT2D eigenvalue weighted by atomic mass is 79.9. The molecule has 1 aromatic heterocycles. The quantitative estimate of drug-likeness (QED) is 0.333. The zero-order chi connectivity index (χ0) is 18.6. The van der Waals surface area contributed by atoms with Crippen LogP contribution in [0.5, 0.6) is 0 Å². The summed E-state index contributed by atoms with van der Waals surface area (Å²) in [4.78, 5) is 9.35. The molecule has 0 bridgehead atoms. The van der Waals surface area contributed by atoms with Crippen LogP contribution >= 0.6 is 15.9 Å². The van der Waals surface area contributed by atoms with Crippen LogP contribution in [0.3, 0.4) is 0 Å². The normalized spacial score (nSPS) is 11.6. The van der Waals surface area contributed by atoms with E-state index >= 15 is 0 Å². The van der Waals surface area contributed by atoms with Gasteiger partial charge in [0.2, 0.25) is 5.95 Å². The second-order valence-electron chi connectivity index (χ2n) is 6.10. The van der Waals surface area contributed by atoms with Crippen LogP contribution in [0.25, 0.3) is 22.2 Å². The first-order valence-corrected chi connectivity index (χ1v) is 9.38. The van der Waals surface area contributed by atoms with Crippen molar-refractivity contribution in [3.8, 4) is 11.3 Å². The number of aromatic nitrogens is 2. The van der Waals surface area contributed by atoms with Gasteiger partial charge in [-0.2, -0.15) is 5.10 Å². The lowest BCUT2D eigenvalue weighted by molar-refractivity contribution is 1.15. The number of hydrogen-bond donors (Lipinski definition) is 1. The molecule has 0 amide bonds. The summed E-state index contributed by atoms with van der Waals surface area (Å²) in [7, 11) is 0. The first-order valence-electron chi connectivity index (χ1n) is 8.59. The van der Waals surface area contributed by atoms with Crippen LogP contribution in [0.15, 0.2) is 88.4 Å². The highest BCUT2D eigenvalue weighted by molar-refractivity contribution is 9.10. The lowest BCUT2D eigenvalue weighted by Crippen LogP contribution is -2.03. The fraction of sp³-hybridized carbons (Fsp3) is 0.0455. The monoisotopic (exact) mass is 416 g/mol. The number of rotatable bonds is 4. The minimum absolute atomic E-state index is 0.471. The molecule has 27 heavy (non-hydrogen) atoms. The van der Waals surface area contributed by atoms with E-state index < -0.39 is 0 Å². The van der Waals surface area contributed by atoms with Gasteiger partial charge in [-0.3, -0.25) is 0 Å². The molecule has 1 heterocycles. The van der Waals surface area contributed by atoms with Gasteiger partial charge in [-0.1, -0.05) is 76.6 Å². The van der Waals surface area contributed by atoms with Crippen LogP contribution in [0, 0.1) is 0 Å². The van der Waals surface area contributed by atoms with Crippen LogP contribution < -0.4 is 5.43 Å². The summed E-state index contributed by atoms with van der Waals surface area (Å²) < 4.78 is 0.995. The van der Waals surface area contributed by atoms with E-state index in [4.69, 9.17) is 4.98 Å². The van der Waals surface area contributed by atoms with Crippen molar-refractivity contribution in [1.29, 1.82) is 0 Å². The van der Waals surface area contributed by atoms with Gasteiger partial charge in [0.15, 0.2) is 0 Å². The summed E-state index contributed by atoms with van der Waals surface area (Å²) in [6.07, 6.45) is 0. The van der Waals surface area contributed by atoms with Gasteiger partial charge < -0.3 is 0 Å². The van der Waals surface area contributed by atoms with Crippen LogP contribution in [-0.4, -0.2) is 15.7 Å². The Morgan fingerprint density at radius 1 is 0.889 bits per heavy atom. The Morgan fingerprint density at radius 2 is 1.59 bits per heavy atom. The molecular weight excluding hydrogens is 400 g/mol. The summed E-state index contributed by atoms with van der Waals surface area (Å²) >= 11 is 3.54. The molecule has 0 saturated carbocycles. The van der Waals surface area contributed by atoms with E-state index in [1.165, 1.54) is 0 Å². The Labute approximate surface area is 166 Å². The van der Waals surface area contributed by atoms with Crippen molar-refractivity contribution in [2.75, 3.05) is 5.43 Å². The molecule has 0 aliphatic heterocycles. The van der Waals surface area contributed by atoms with Crippen LogP contribution in [-0.2, 0) is 0 Å². The maximum absolute atomic E-state index is 4.73. The molecule has 132 valence electrons. The summed E-state index contributed by atoms with van der Waals surface area (Å²) in [5.74, 6) is 0.471. The van der Waals surface area contributed by atoms with E-state index in [1.807, 2.05) is 85.8 Å². The maximum Gasteiger partial charge on any atom is 0.244 e. The van der Waals surface area contributed by atoms with Gasteiger partial charge >= 0.3 is 0 Å². The van der Waals surface area contributed by atoms with Gasteiger partial charge in [-0.25, -0.2) is 15.4 Å². The van der Waals surface area contributed by atoms with E-state index in [9.17, 15) is 0 Å². The molecule has 0 saturated heterocycles. The lowest BCUT2D eigenvalue weighted by atomic mass is 10.1. The number of anilines is 1. The molecule has 0 aliphatic rings. The average Bonchev–Trinajstić information content (AvgIpc) is 2.73. The Morgan fingerprint density at radius 3 is 2.33 bits per heavy atom. The maximum atomic E-state index is 4.73. The van der Waals surface area contributed by atoms with Crippen molar-refractivity contribution in [3.63, 3.8) is 0 Å². The van der Waals surface area contributed by atoms with E-state index in [0.29, 0.717) is 5.95 Å². The summed E-state index contributed by atoms with van der Waals surface area (Å²) in [5.41, 5.74) is 7.71. The van der Waals surface area contributed by atoms with Crippen LogP contribution in [0.2, 0.25) is 0 Å². The van der Waals surface area contributed by atoms with Crippen molar-refractivity contribution >= 4 is 38.5 Å². The van der Waals surface area contributed by atoms with Gasteiger partial charge in [0.05, 0.1) is 16.9 Å². The van der Waals surface area contributed by atoms with Crippen molar-refractivity contribution in [3.05, 3.63) is 88.9 Å². The van der Waals surface area contributed by atoms with Gasteiger partial charge in [0.1, 0.15) is 0 Å². The number of nitrogens with zero attached hydrogens (tertiary/aromatic N) is 3. The molecule has 4 aromatic rings. The van der Waals surface area contributed by atoms with Crippen LogP contribution in [0.1, 0.15) is 12.5 Å². The first kappa shape index (κ1) is 17.4. The fourth-order valence-electron chi connectivity index (χ4n) is 2.84. The highest BCUT2D eigenvalue weighted by Gasteiger charge is 2.10. The third kappa shape index (κ3) is 3.88. The predicted octanol–water partition coefficient (Wildman–Crippen LogP) is 5.90. The number of hydrogen-bond acceptors (Lipinski definition) is 4. The van der Waals surface area contributed by atoms with Gasteiger partial charge in [0, 0.05) is 15.4 Å². The minimum Gasteiger partial charge on any atom is -0.245 e. The van der Waals surface area contributed by atoms with E-state index in [1.54, 1.807) is 0 Å². The zero-order valence-electron chi connectivity index (χ0n) is 14.7. The van der Waals surface area contributed by atoms with Gasteiger partial charge in [-0.05, 0) is 30.7 Å². The van der Waals surface area contributed by atoms with Crippen molar-refractivity contribution in [2.45, 2.75) is 6.92 Å². The van der Waals surface area contributed by atoms with Crippen molar-refractivity contribution in [1.82, 2.24) is 9.97 Å². The third-order valence-electron chi connectivity index (χ3n) is 4.22. The third-order valence-corrected chi connectivity index (χ3v) is 4.71. The van der Waals surface area contributed by atoms with Gasteiger partial charge in [0.25, 0.3) is 0 Å². The second kappa shape index (κ2) is 7.68. The van der Waals surface area contributed by atoms with Gasteiger partial charge in [-0.15, -0.1) is 0 Å². The molecule has 5 heteroatoms. The average molecular weight is 417 g/mol. The van der Waals surface area contributed by atoms with E-state index in [0.717, 1.165) is 37.9 Å². The minimum atomic E-state index is 0.471. The standard InChI is InChI=1S/C22H17BrN4/c1-15(16-8-4-2-5-9-16)26-27-22-24-20-13-12-18(23)14-19(20)21(25-22)17-10-6-3-7-11-17/h2-14H,1H3,(H,24,25,27). The smallest absolute Gasteiger partial charge is 0.244 e. The second-order valence-corrected chi connectivity index (χ2v) is 7.01. The molecule has 0 atom stereocenters. The summed E-state index contributed by atoms with van der Waals surface area (Å²) in [6.45, 7) is 1.96. The van der Waals surface area contributed by atoms with E-state index in [2.05, 4.69) is 31.4 Å². The topological polar surface area (TPSA) is 50.2 Å². The molecule has 3 aromatic carbocycles. The molecule has 1 N–H and O–H groups in total. The number of halogens is 1. The fourth-order valence-corrected chi connectivity index (χ4v) is 3.21. The Kier molecular flexibility index (Phi) is 4.94. The van der Waals surface area contributed by atoms with E-state index in [-0.39, 0.29) is 0 Å².